The van der Waals surface area contributed by atoms with Gasteiger partial charge in [0.15, 0.2) is 11.5 Å². The predicted octanol–water partition coefficient (Wildman–Crippen LogP) is 3.69. The largest absolute Gasteiger partial charge is 0.494 e. The number of nitrogens with one attached hydrogen (secondary N) is 1. The van der Waals surface area contributed by atoms with Crippen LogP contribution < -0.4 is 24.3 Å². The highest BCUT2D eigenvalue weighted by atomic mass is 16.5. The molecule has 2 aromatic carbocycles. The third kappa shape index (κ3) is 6.40. The molecule has 2 aromatic rings. The lowest BCUT2D eigenvalue weighted by Crippen LogP contribution is -2.28. The summed E-state index contributed by atoms with van der Waals surface area (Å²) in [7, 11) is 0. The summed E-state index contributed by atoms with van der Waals surface area (Å²) in [6.07, 6.45) is 0. The lowest BCUT2D eigenvalue weighted by molar-refractivity contribution is 0.0946. The Morgan fingerprint density at radius 2 is 1.37 bits per heavy atom. The Kier molecular flexibility index (Phi) is 8.29. The van der Waals surface area contributed by atoms with Crippen molar-refractivity contribution in [2.75, 3.05) is 33.0 Å². The summed E-state index contributed by atoms with van der Waals surface area (Å²) in [6, 6.07) is 12.5. The summed E-state index contributed by atoms with van der Waals surface area (Å²) >= 11 is 0. The highest BCUT2D eigenvalue weighted by molar-refractivity contribution is 5.94. The fourth-order valence-corrected chi connectivity index (χ4v) is 2.43. The van der Waals surface area contributed by atoms with E-state index in [1.807, 2.05) is 45.0 Å². The van der Waals surface area contributed by atoms with Gasteiger partial charge in [-0.3, -0.25) is 4.79 Å². The quantitative estimate of drug-likeness (QED) is 0.609. The molecule has 2 rings (SSSR count). The zero-order valence-electron chi connectivity index (χ0n) is 16.1. The van der Waals surface area contributed by atoms with E-state index < -0.39 is 0 Å². The molecule has 6 nitrogen and oxygen atoms in total. The van der Waals surface area contributed by atoms with Crippen molar-refractivity contribution in [1.29, 1.82) is 0 Å². The van der Waals surface area contributed by atoms with Crippen molar-refractivity contribution in [3.05, 3.63) is 48.0 Å². The van der Waals surface area contributed by atoms with Crippen LogP contribution in [0.1, 0.15) is 31.1 Å². The van der Waals surface area contributed by atoms with Crippen molar-refractivity contribution in [3.63, 3.8) is 0 Å². The number of carbonyl (C=O) groups excluding carboxylic acids is 1. The van der Waals surface area contributed by atoms with Gasteiger partial charge in [-0.05, 0) is 63.2 Å². The van der Waals surface area contributed by atoms with Crippen LogP contribution in [0.25, 0.3) is 0 Å². The van der Waals surface area contributed by atoms with Gasteiger partial charge in [0, 0.05) is 5.56 Å². The molecule has 0 heterocycles. The van der Waals surface area contributed by atoms with Crippen LogP contribution in [0.4, 0.5) is 0 Å². The molecule has 27 heavy (non-hydrogen) atoms. The Balaban J connectivity index is 1.83. The molecule has 0 unspecified atom stereocenters. The van der Waals surface area contributed by atoms with Crippen LogP contribution in [0, 0.1) is 0 Å². The maximum atomic E-state index is 12.3. The van der Waals surface area contributed by atoms with Gasteiger partial charge in [0.2, 0.25) is 0 Å². The number of amides is 1. The molecule has 0 radical (unpaired) electrons. The molecular weight excluding hydrogens is 346 g/mol. The minimum Gasteiger partial charge on any atom is -0.494 e. The monoisotopic (exact) mass is 373 g/mol. The van der Waals surface area contributed by atoms with Gasteiger partial charge < -0.3 is 24.3 Å². The van der Waals surface area contributed by atoms with Crippen molar-refractivity contribution in [1.82, 2.24) is 5.32 Å². The average Bonchev–Trinajstić information content (AvgIpc) is 2.68. The van der Waals surface area contributed by atoms with Gasteiger partial charge >= 0.3 is 0 Å². The maximum absolute atomic E-state index is 12.3. The van der Waals surface area contributed by atoms with Crippen molar-refractivity contribution >= 4 is 5.91 Å². The van der Waals surface area contributed by atoms with Crippen LogP contribution in [0.2, 0.25) is 0 Å². The van der Waals surface area contributed by atoms with Crippen LogP contribution in [0.15, 0.2) is 42.5 Å². The molecule has 0 aliphatic heterocycles. The molecule has 0 atom stereocenters. The van der Waals surface area contributed by atoms with E-state index >= 15 is 0 Å². The Hall–Kier alpha value is -2.89. The number of rotatable bonds is 11. The summed E-state index contributed by atoms with van der Waals surface area (Å²) in [5.74, 6) is 2.55. The van der Waals surface area contributed by atoms with Gasteiger partial charge in [-0.15, -0.1) is 0 Å². The lowest BCUT2D eigenvalue weighted by atomic mass is 10.2. The van der Waals surface area contributed by atoms with Crippen molar-refractivity contribution in [2.24, 2.45) is 0 Å². The second kappa shape index (κ2) is 11.0. The maximum Gasteiger partial charge on any atom is 0.251 e. The Morgan fingerprint density at radius 1 is 0.778 bits per heavy atom. The molecule has 0 aromatic heterocycles. The van der Waals surface area contributed by atoms with Gasteiger partial charge in [-0.1, -0.05) is 0 Å². The summed E-state index contributed by atoms with van der Waals surface area (Å²) in [5.41, 5.74) is 0.517. The zero-order valence-corrected chi connectivity index (χ0v) is 16.1. The normalized spacial score (nSPS) is 10.2. The molecule has 1 amide bonds. The SMILES string of the molecule is CCOc1ccc(OCCNC(=O)c2ccc(OCC)c(OCC)c2)cc1. The van der Waals surface area contributed by atoms with Crippen molar-refractivity contribution < 1.29 is 23.7 Å². The van der Waals surface area contributed by atoms with E-state index in [1.165, 1.54) is 0 Å². The topological polar surface area (TPSA) is 66.0 Å². The fourth-order valence-electron chi connectivity index (χ4n) is 2.43. The molecule has 6 heteroatoms. The van der Waals surface area contributed by atoms with Crippen LogP contribution in [-0.2, 0) is 0 Å². The van der Waals surface area contributed by atoms with E-state index in [0.717, 1.165) is 11.5 Å². The van der Waals surface area contributed by atoms with Crippen molar-refractivity contribution in [2.45, 2.75) is 20.8 Å². The number of ether oxygens (including phenoxy) is 4. The van der Waals surface area contributed by atoms with E-state index in [2.05, 4.69) is 5.32 Å². The first-order valence-electron chi connectivity index (χ1n) is 9.21. The van der Waals surface area contributed by atoms with Gasteiger partial charge in [-0.2, -0.15) is 0 Å². The van der Waals surface area contributed by atoms with Gasteiger partial charge in [0.25, 0.3) is 5.91 Å². The Morgan fingerprint density at radius 3 is 2.00 bits per heavy atom. The molecule has 0 aliphatic carbocycles. The molecule has 1 N–H and O–H groups in total. The van der Waals surface area contributed by atoms with E-state index in [-0.39, 0.29) is 5.91 Å². The highest BCUT2D eigenvalue weighted by Gasteiger charge is 2.11. The molecule has 0 aliphatic rings. The molecule has 0 bridgehead atoms. The smallest absolute Gasteiger partial charge is 0.251 e. The molecule has 0 saturated heterocycles. The van der Waals surface area contributed by atoms with Crippen LogP contribution >= 0.6 is 0 Å². The van der Waals surface area contributed by atoms with E-state index in [1.54, 1.807) is 18.2 Å². The molecule has 146 valence electrons. The zero-order chi connectivity index (χ0) is 19.5. The summed E-state index contributed by atoms with van der Waals surface area (Å²) in [4.78, 5) is 12.3. The second-order valence-electron chi connectivity index (χ2n) is 5.54. The number of hydrogen-bond donors (Lipinski definition) is 1. The first-order chi connectivity index (χ1) is 13.2. The predicted molar refractivity (Wildman–Crippen MR) is 104 cm³/mol. The van der Waals surface area contributed by atoms with Crippen LogP contribution in [0.3, 0.4) is 0 Å². The summed E-state index contributed by atoms with van der Waals surface area (Å²) < 4.78 is 22.1. The Labute approximate surface area is 160 Å². The number of carbonyl (C=O) groups is 1. The molecular formula is C21H27NO5. The lowest BCUT2D eigenvalue weighted by Gasteiger charge is -2.13. The van der Waals surface area contributed by atoms with Crippen LogP contribution in [0.5, 0.6) is 23.0 Å². The minimum absolute atomic E-state index is 0.186. The third-order valence-corrected chi connectivity index (χ3v) is 3.60. The number of hydrogen-bond acceptors (Lipinski definition) is 5. The van der Waals surface area contributed by atoms with Crippen LogP contribution in [-0.4, -0.2) is 38.9 Å². The Bertz CT molecular complexity index is 715. The van der Waals surface area contributed by atoms with Gasteiger partial charge in [0.05, 0.1) is 26.4 Å². The average molecular weight is 373 g/mol. The highest BCUT2D eigenvalue weighted by Crippen LogP contribution is 2.28. The van der Waals surface area contributed by atoms with E-state index in [4.69, 9.17) is 18.9 Å². The third-order valence-electron chi connectivity index (χ3n) is 3.60. The molecule has 0 fully saturated rings. The van der Waals surface area contributed by atoms with E-state index in [9.17, 15) is 4.79 Å². The second-order valence-corrected chi connectivity index (χ2v) is 5.54. The summed E-state index contributed by atoms with van der Waals surface area (Å²) in [6.45, 7) is 8.16. The first kappa shape index (κ1) is 20.4. The minimum atomic E-state index is -0.186. The molecule has 0 saturated carbocycles. The fraction of sp³-hybridized carbons (Fsp3) is 0.381. The first-order valence-corrected chi connectivity index (χ1v) is 9.21. The number of benzene rings is 2. The van der Waals surface area contributed by atoms with E-state index in [0.29, 0.717) is 50.0 Å². The molecule has 0 spiro atoms. The van der Waals surface area contributed by atoms with Crippen molar-refractivity contribution in [3.8, 4) is 23.0 Å². The van der Waals surface area contributed by atoms with Gasteiger partial charge in [-0.25, -0.2) is 0 Å². The standard InChI is InChI=1S/C21H27NO5/c1-4-24-17-8-10-18(11-9-17)27-14-13-22-21(23)16-7-12-19(25-5-2)20(15-16)26-6-3/h7-12,15H,4-6,13-14H2,1-3H3,(H,22,23). The van der Waals surface area contributed by atoms with Gasteiger partial charge in [0.1, 0.15) is 18.1 Å². The summed E-state index contributed by atoms with van der Waals surface area (Å²) in [5, 5.41) is 2.84.